The van der Waals surface area contributed by atoms with E-state index in [0.29, 0.717) is 28.7 Å². The smallest absolute Gasteiger partial charge is 0.256 e. The summed E-state index contributed by atoms with van der Waals surface area (Å²) >= 11 is 5.95. The summed E-state index contributed by atoms with van der Waals surface area (Å²) < 4.78 is 0. The number of hydrogen-bond acceptors (Lipinski definition) is 2. The van der Waals surface area contributed by atoms with Crippen molar-refractivity contribution in [1.82, 2.24) is 4.90 Å². The minimum Gasteiger partial charge on any atom is -0.397 e. The molecule has 0 radical (unpaired) electrons. The van der Waals surface area contributed by atoms with Crippen LogP contribution in [0.2, 0.25) is 5.02 Å². The highest BCUT2D eigenvalue weighted by Gasteiger charge is 2.22. The average molecular weight is 269 g/mol. The molecule has 2 N–H and O–H groups in total. The maximum absolute atomic E-state index is 12.5. The molecule has 18 heavy (non-hydrogen) atoms. The van der Waals surface area contributed by atoms with Gasteiger partial charge >= 0.3 is 0 Å². The zero-order valence-electron chi connectivity index (χ0n) is 11.4. The Kier molecular flexibility index (Phi) is 5.03. The molecule has 1 amide bonds. The van der Waals surface area contributed by atoms with Crippen LogP contribution >= 0.6 is 11.6 Å². The molecular weight excluding hydrogens is 248 g/mol. The number of halogens is 1. The topological polar surface area (TPSA) is 46.3 Å². The zero-order valence-corrected chi connectivity index (χ0v) is 12.2. The Bertz CT molecular complexity index is 430. The summed E-state index contributed by atoms with van der Waals surface area (Å²) in [6, 6.07) is 5.30. The van der Waals surface area contributed by atoms with Crippen LogP contribution < -0.4 is 5.73 Å². The second-order valence-corrected chi connectivity index (χ2v) is 5.55. The molecule has 0 aliphatic rings. The first-order chi connectivity index (χ1) is 8.34. The highest BCUT2D eigenvalue weighted by atomic mass is 35.5. The maximum Gasteiger partial charge on any atom is 0.256 e. The van der Waals surface area contributed by atoms with Crippen LogP contribution in [0.4, 0.5) is 5.69 Å². The molecule has 100 valence electrons. The van der Waals surface area contributed by atoms with Gasteiger partial charge in [-0.25, -0.2) is 0 Å². The molecule has 0 atom stereocenters. The predicted octanol–water partition coefficient (Wildman–Crippen LogP) is 3.43. The fourth-order valence-corrected chi connectivity index (χ4v) is 1.97. The molecule has 1 rings (SSSR count). The number of anilines is 1. The molecule has 0 bridgehead atoms. The minimum absolute atomic E-state index is 0.0568. The van der Waals surface area contributed by atoms with Crippen molar-refractivity contribution in [3.05, 3.63) is 28.8 Å². The van der Waals surface area contributed by atoms with Crippen molar-refractivity contribution in [1.29, 1.82) is 0 Å². The molecule has 3 nitrogen and oxygen atoms in total. The van der Waals surface area contributed by atoms with Gasteiger partial charge in [0.2, 0.25) is 0 Å². The summed E-state index contributed by atoms with van der Waals surface area (Å²) in [6.07, 6.45) is 0. The van der Waals surface area contributed by atoms with Crippen LogP contribution in [0.25, 0.3) is 0 Å². The summed E-state index contributed by atoms with van der Waals surface area (Å²) in [4.78, 5) is 14.3. The fourth-order valence-electron chi connectivity index (χ4n) is 1.80. The minimum atomic E-state index is -0.0568. The number of carbonyl (C=O) groups excluding carboxylic acids is 1. The van der Waals surface area contributed by atoms with Crippen molar-refractivity contribution < 1.29 is 4.79 Å². The Balaban J connectivity index is 3.06. The lowest BCUT2D eigenvalue weighted by Gasteiger charge is -2.29. The van der Waals surface area contributed by atoms with E-state index < -0.39 is 0 Å². The van der Waals surface area contributed by atoms with Gasteiger partial charge in [-0.3, -0.25) is 4.79 Å². The van der Waals surface area contributed by atoms with Crippen molar-refractivity contribution in [3.63, 3.8) is 0 Å². The number of para-hydroxylation sites is 1. The summed E-state index contributed by atoms with van der Waals surface area (Å²) in [7, 11) is 0. The van der Waals surface area contributed by atoms with E-state index in [1.165, 1.54) is 0 Å². The molecular formula is C14H21ClN2O. The van der Waals surface area contributed by atoms with Gasteiger partial charge in [0.05, 0.1) is 16.3 Å². The quantitative estimate of drug-likeness (QED) is 0.851. The number of carbonyl (C=O) groups is 1. The Morgan fingerprint density at radius 1 is 1.33 bits per heavy atom. The first-order valence-corrected chi connectivity index (χ1v) is 6.57. The Hall–Kier alpha value is -1.22. The number of nitrogens with zero attached hydrogens (tertiary/aromatic N) is 1. The molecule has 1 aromatic carbocycles. The highest BCUT2D eigenvalue weighted by Crippen LogP contribution is 2.24. The van der Waals surface area contributed by atoms with Crippen molar-refractivity contribution in [2.75, 3.05) is 12.3 Å². The van der Waals surface area contributed by atoms with Gasteiger partial charge in [0.15, 0.2) is 0 Å². The van der Waals surface area contributed by atoms with Crippen LogP contribution in [-0.4, -0.2) is 23.4 Å². The van der Waals surface area contributed by atoms with E-state index in [-0.39, 0.29) is 11.9 Å². The second kappa shape index (κ2) is 6.10. The van der Waals surface area contributed by atoms with Gasteiger partial charge in [-0.1, -0.05) is 31.5 Å². The molecule has 0 fully saturated rings. The van der Waals surface area contributed by atoms with E-state index >= 15 is 0 Å². The van der Waals surface area contributed by atoms with Crippen LogP contribution in [0, 0.1) is 5.92 Å². The number of amides is 1. The molecule has 0 saturated heterocycles. The van der Waals surface area contributed by atoms with Gasteiger partial charge in [0.25, 0.3) is 5.91 Å². The third kappa shape index (κ3) is 3.39. The van der Waals surface area contributed by atoms with Crippen LogP contribution in [-0.2, 0) is 0 Å². The van der Waals surface area contributed by atoms with Gasteiger partial charge in [-0.2, -0.15) is 0 Å². The molecule has 0 saturated carbocycles. The molecule has 0 heterocycles. The number of nitrogens with two attached hydrogens (primary N) is 1. The summed E-state index contributed by atoms with van der Waals surface area (Å²) in [5.74, 6) is 0.357. The molecule has 0 aromatic heterocycles. The largest absolute Gasteiger partial charge is 0.397 e. The van der Waals surface area contributed by atoms with E-state index in [0.717, 1.165) is 0 Å². The molecule has 0 aliphatic heterocycles. The molecule has 0 spiro atoms. The van der Waals surface area contributed by atoms with Gasteiger partial charge in [0, 0.05) is 12.6 Å². The zero-order chi connectivity index (χ0) is 13.9. The third-order valence-corrected chi connectivity index (χ3v) is 3.06. The van der Waals surface area contributed by atoms with E-state index in [2.05, 4.69) is 13.8 Å². The lowest BCUT2D eigenvalue weighted by Crippen LogP contribution is -2.39. The molecule has 4 heteroatoms. The monoisotopic (exact) mass is 268 g/mol. The van der Waals surface area contributed by atoms with Gasteiger partial charge in [-0.15, -0.1) is 0 Å². The summed E-state index contributed by atoms with van der Waals surface area (Å²) in [6.45, 7) is 8.89. The van der Waals surface area contributed by atoms with Crippen LogP contribution in [0.5, 0.6) is 0 Å². The van der Waals surface area contributed by atoms with E-state index in [1.54, 1.807) is 18.2 Å². The van der Waals surface area contributed by atoms with Crippen LogP contribution in [0.1, 0.15) is 38.1 Å². The lowest BCUT2D eigenvalue weighted by atomic mass is 10.1. The Morgan fingerprint density at radius 3 is 2.44 bits per heavy atom. The van der Waals surface area contributed by atoms with E-state index in [4.69, 9.17) is 17.3 Å². The molecule has 1 aromatic rings. The van der Waals surface area contributed by atoms with Crippen molar-refractivity contribution >= 4 is 23.2 Å². The standard InChI is InChI=1S/C14H21ClN2O/c1-9(2)8-17(10(3)4)14(18)11-6-5-7-12(15)13(11)16/h5-7,9-10H,8,16H2,1-4H3. The summed E-state index contributed by atoms with van der Waals surface area (Å²) in [5, 5.41) is 0.425. The highest BCUT2D eigenvalue weighted by molar-refractivity contribution is 6.33. The Labute approximate surface area is 114 Å². The van der Waals surface area contributed by atoms with Crippen LogP contribution in [0.15, 0.2) is 18.2 Å². The number of rotatable bonds is 4. The van der Waals surface area contributed by atoms with Gasteiger partial charge < -0.3 is 10.6 Å². The normalized spacial score (nSPS) is 11.1. The maximum atomic E-state index is 12.5. The van der Waals surface area contributed by atoms with Crippen LogP contribution in [0.3, 0.4) is 0 Å². The van der Waals surface area contributed by atoms with Crippen molar-refractivity contribution in [2.45, 2.75) is 33.7 Å². The van der Waals surface area contributed by atoms with Gasteiger partial charge in [-0.05, 0) is 31.9 Å². The number of benzene rings is 1. The van der Waals surface area contributed by atoms with Crippen molar-refractivity contribution in [3.8, 4) is 0 Å². The lowest BCUT2D eigenvalue weighted by molar-refractivity contribution is 0.0683. The second-order valence-electron chi connectivity index (χ2n) is 5.15. The van der Waals surface area contributed by atoms with E-state index in [1.807, 2.05) is 18.7 Å². The third-order valence-electron chi connectivity index (χ3n) is 2.73. The van der Waals surface area contributed by atoms with Gasteiger partial charge in [0.1, 0.15) is 0 Å². The number of hydrogen-bond donors (Lipinski definition) is 1. The first-order valence-electron chi connectivity index (χ1n) is 6.19. The SMILES string of the molecule is CC(C)CN(C(=O)c1cccc(Cl)c1N)C(C)C. The van der Waals surface area contributed by atoms with Crippen molar-refractivity contribution in [2.24, 2.45) is 5.92 Å². The average Bonchev–Trinajstić information content (AvgIpc) is 2.28. The van der Waals surface area contributed by atoms with E-state index in [9.17, 15) is 4.79 Å². The fraction of sp³-hybridized carbons (Fsp3) is 0.500. The predicted molar refractivity (Wildman–Crippen MR) is 76.9 cm³/mol. The first kappa shape index (κ1) is 14.8. The molecule has 0 aliphatic carbocycles. The Morgan fingerprint density at radius 2 is 1.94 bits per heavy atom. The number of nitrogen functional groups attached to an aromatic ring is 1. The molecule has 0 unspecified atom stereocenters. The summed E-state index contributed by atoms with van der Waals surface area (Å²) in [5.41, 5.74) is 6.72.